The summed E-state index contributed by atoms with van der Waals surface area (Å²) >= 11 is 0. The molecule has 1 amide bonds. The lowest BCUT2D eigenvalue weighted by Crippen LogP contribution is -2.30. The fourth-order valence-electron chi connectivity index (χ4n) is 3.26. The van der Waals surface area contributed by atoms with Gasteiger partial charge in [0.05, 0.1) is 6.04 Å². The third-order valence-electron chi connectivity index (χ3n) is 4.78. The molecule has 7 heteroatoms. The Kier molecular flexibility index (Phi) is 6.17. The fourth-order valence-corrected chi connectivity index (χ4v) is 4.82. The Morgan fingerprint density at radius 3 is 2.38 bits per heavy atom. The maximum Gasteiger partial charge on any atom is 0.264 e. The minimum absolute atomic E-state index is 0.153. The minimum Gasteiger partial charge on any atom is -0.348 e. The molecule has 0 saturated heterocycles. The number of rotatable bonds is 6. The number of aryl methyl sites for hydroxylation is 1. The first kappa shape index (κ1) is 20.8. The minimum atomic E-state index is -3.71. The Morgan fingerprint density at radius 1 is 1.10 bits per heavy atom. The van der Waals surface area contributed by atoms with Crippen LogP contribution in [0.1, 0.15) is 43.0 Å². The molecule has 0 bridgehead atoms. The molecule has 0 radical (unpaired) electrons. The molecule has 152 valence electrons. The van der Waals surface area contributed by atoms with E-state index in [0.29, 0.717) is 17.6 Å². The first-order chi connectivity index (χ1) is 13.8. The summed E-state index contributed by atoms with van der Waals surface area (Å²) in [5.41, 5.74) is 3.25. The van der Waals surface area contributed by atoms with E-state index in [1.165, 1.54) is 0 Å². The van der Waals surface area contributed by atoms with Gasteiger partial charge in [0.1, 0.15) is 17.3 Å². The lowest BCUT2D eigenvalue weighted by atomic mass is 10.1. The van der Waals surface area contributed by atoms with Gasteiger partial charge in [0, 0.05) is 5.57 Å². The van der Waals surface area contributed by atoms with Gasteiger partial charge >= 0.3 is 0 Å². The van der Waals surface area contributed by atoms with Gasteiger partial charge in [0.15, 0.2) is 0 Å². The molecule has 0 aromatic heterocycles. The number of carbonyl (C=O) groups excluding carboxylic acids is 1. The highest BCUT2D eigenvalue weighted by Gasteiger charge is 2.34. The summed E-state index contributed by atoms with van der Waals surface area (Å²) in [6.45, 7) is 5.56. The molecule has 1 aliphatic rings. The number of nitrogens with one attached hydrogen (secondary N) is 2. The van der Waals surface area contributed by atoms with Crippen molar-refractivity contribution in [2.75, 3.05) is 6.54 Å². The zero-order valence-electron chi connectivity index (χ0n) is 16.8. The van der Waals surface area contributed by atoms with Crippen LogP contribution in [0.15, 0.2) is 65.2 Å². The fraction of sp³-hybridized carbons (Fsp3) is 0.273. The molecular formula is C22H25N3O3S. The van der Waals surface area contributed by atoms with Gasteiger partial charge in [-0.1, -0.05) is 67.1 Å². The standard InChI is InChI=1S/C22H25N3O3S/c1-4-19-21(18-12-10-15(2)11-13-18)29(27,28)25-22(19)23-14-20(26)24-16(3)17-8-6-5-7-9-17/h5-13,16H,4,14H2,1-3H3,(H,23,25)(H,24,26). The molecule has 2 aromatic rings. The number of aliphatic imine (C=N–C) groups is 1. The maximum absolute atomic E-state index is 12.7. The molecule has 2 N–H and O–H groups in total. The number of benzene rings is 2. The number of carbonyl (C=O) groups is 1. The van der Waals surface area contributed by atoms with E-state index in [9.17, 15) is 13.2 Å². The highest BCUT2D eigenvalue weighted by Crippen LogP contribution is 2.31. The molecule has 29 heavy (non-hydrogen) atoms. The molecule has 1 unspecified atom stereocenters. The average Bonchev–Trinajstić information content (AvgIpc) is 2.97. The second-order valence-electron chi connectivity index (χ2n) is 7.00. The summed E-state index contributed by atoms with van der Waals surface area (Å²) in [4.78, 5) is 16.8. The van der Waals surface area contributed by atoms with Crippen LogP contribution in [-0.4, -0.2) is 26.7 Å². The first-order valence-corrected chi connectivity index (χ1v) is 11.0. The van der Waals surface area contributed by atoms with E-state index in [1.54, 1.807) is 12.1 Å². The summed E-state index contributed by atoms with van der Waals surface area (Å²) < 4.78 is 27.9. The van der Waals surface area contributed by atoms with Gasteiger partial charge in [-0.3, -0.25) is 14.5 Å². The lowest BCUT2D eigenvalue weighted by Gasteiger charge is -2.13. The number of sulfonamides is 1. The first-order valence-electron chi connectivity index (χ1n) is 9.54. The Labute approximate surface area is 171 Å². The number of amides is 1. The molecule has 1 heterocycles. The molecule has 0 aliphatic carbocycles. The molecule has 0 spiro atoms. The van der Waals surface area contributed by atoms with Crippen LogP contribution in [0.3, 0.4) is 0 Å². The Balaban J connectivity index is 1.80. The molecule has 0 saturated carbocycles. The van der Waals surface area contributed by atoms with E-state index in [4.69, 9.17) is 0 Å². The van der Waals surface area contributed by atoms with Gasteiger partial charge in [-0.05, 0) is 31.4 Å². The van der Waals surface area contributed by atoms with Gasteiger partial charge in [-0.2, -0.15) is 0 Å². The summed E-state index contributed by atoms with van der Waals surface area (Å²) in [5.74, 6) is -0.0297. The Hall–Kier alpha value is -2.93. The number of amidine groups is 1. The van der Waals surface area contributed by atoms with Crippen LogP contribution in [0.4, 0.5) is 0 Å². The van der Waals surface area contributed by atoms with E-state index < -0.39 is 10.0 Å². The van der Waals surface area contributed by atoms with Gasteiger partial charge < -0.3 is 5.32 Å². The van der Waals surface area contributed by atoms with E-state index >= 15 is 0 Å². The lowest BCUT2D eigenvalue weighted by molar-refractivity contribution is -0.120. The topological polar surface area (TPSA) is 87.6 Å². The molecule has 0 fully saturated rings. The molecule has 1 atom stereocenters. The van der Waals surface area contributed by atoms with Crippen molar-refractivity contribution in [3.8, 4) is 0 Å². The molecule has 6 nitrogen and oxygen atoms in total. The van der Waals surface area contributed by atoms with Crippen LogP contribution in [0, 0.1) is 6.92 Å². The second-order valence-corrected chi connectivity index (χ2v) is 8.62. The van der Waals surface area contributed by atoms with Crippen molar-refractivity contribution < 1.29 is 13.2 Å². The van der Waals surface area contributed by atoms with E-state index in [1.807, 2.05) is 63.2 Å². The second kappa shape index (κ2) is 8.61. The summed E-state index contributed by atoms with van der Waals surface area (Å²) in [6, 6.07) is 16.8. The molecule has 2 aromatic carbocycles. The highest BCUT2D eigenvalue weighted by molar-refractivity contribution is 8.00. The monoisotopic (exact) mass is 411 g/mol. The quantitative estimate of drug-likeness (QED) is 0.764. The van der Waals surface area contributed by atoms with Crippen LogP contribution in [-0.2, 0) is 14.8 Å². The normalized spacial score (nSPS) is 17.8. The highest BCUT2D eigenvalue weighted by atomic mass is 32.2. The van der Waals surface area contributed by atoms with E-state index in [-0.39, 0.29) is 29.2 Å². The van der Waals surface area contributed by atoms with Crippen LogP contribution in [0.2, 0.25) is 0 Å². The third kappa shape index (κ3) is 4.74. The van der Waals surface area contributed by atoms with Gasteiger partial charge in [0.25, 0.3) is 10.0 Å². The Bertz CT molecular complexity index is 1060. The predicted octanol–water partition coefficient (Wildman–Crippen LogP) is 3.33. The third-order valence-corrected chi connectivity index (χ3v) is 6.27. The average molecular weight is 412 g/mol. The molecular weight excluding hydrogens is 386 g/mol. The van der Waals surface area contributed by atoms with Crippen molar-refractivity contribution in [3.63, 3.8) is 0 Å². The van der Waals surface area contributed by atoms with Gasteiger partial charge in [-0.15, -0.1) is 0 Å². The van der Waals surface area contributed by atoms with Crippen LogP contribution >= 0.6 is 0 Å². The van der Waals surface area contributed by atoms with Crippen LogP contribution in [0.5, 0.6) is 0 Å². The number of nitrogens with zero attached hydrogens (tertiary/aromatic N) is 1. The van der Waals surface area contributed by atoms with Crippen LogP contribution < -0.4 is 10.0 Å². The SMILES string of the molecule is CCC1=C(c2ccc(C)cc2)S(=O)(=O)NC1=NCC(=O)NC(C)c1ccccc1. The Morgan fingerprint density at radius 2 is 1.76 bits per heavy atom. The number of hydrogen-bond donors (Lipinski definition) is 2. The maximum atomic E-state index is 12.7. The molecule has 1 aliphatic heterocycles. The van der Waals surface area contributed by atoms with Crippen LogP contribution in [0.25, 0.3) is 4.91 Å². The zero-order chi connectivity index (χ0) is 21.0. The smallest absolute Gasteiger partial charge is 0.264 e. The van der Waals surface area contributed by atoms with E-state index in [0.717, 1.165) is 11.1 Å². The summed E-state index contributed by atoms with van der Waals surface area (Å²) in [7, 11) is -3.71. The van der Waals surface area contributed by atoms with Gasteiger partial charge in [0.2, 0.25) is 5.91 Å². The predicted molar refractivity (Wildman–Crippen MR) is 116 cm³/mol. The molecule has 3 rings (SSSR count). The van der Waals surface area contributed by atoms with Crippen molar-refractivity contribution >= 4 is 26.7 Å². The summed E-state index contributed by atoms with van der Waals surface area (Å²) in [5, 5.41) is 2.88. The largest absolute Gasteiger partial charge is 0.348 e. The van der Waals surface area contributed by atoms with Crippen molar-refractivity contribution in [1.29, 1.82) is 0 Å². The van der Waals surface area contributed by atoms with Gasteiger partial charge in [-0.25, -0.2) is 8.42 Å². The van der Waals surface area contributed by atoms with E-state index in [2.05, 4.69) is 15.0 Å². The van der Waals surface area contributed by atoms with Crippen molar-refractivity contribution in [2.24, 2.45) is 4.99 Å². The summed E-state index contributed by atoms with van der Waals surface area (Å²) in [6.07, 6.45) is 0.482. The van der Waals surface area contributed by atoms with Crippen molar-refractivity contribution in [2.45, 2.75) is 33.2 Å². The zero-order valence-corrected chi connectivity index (χ0v) is 17.6. The number of hydrogen-bond acceptors (Lipinski definition) is 4. The van der Waals surface area contributed by atoms with Crippen molar-refractivity contribution in [1.82, 2.24) is 10.0 Å². The van der Waals surface area contributed by atoms with Crippen molar-refractivity contribution in [3.05, 3.63) is 76.9 Å².